The minimum Gasteiger partial charge on any atom is -0.314 e. The van der Waals surface area contributed by atoms with E-state index in [4.69, 9.17) is 0 Å². The second-order valence-corrected chi connectivity index (χ2v) is 5.60. The van der Waals surface area contributed by atoms with Crippen LogP contribution in [0.5, 0.6) is 0 Å². The van der Waals surface area contributed by atoms with Crippen LogP contribution < -0.4 is 5.32 Å². The first kappa shape index (κ1) is 10.5. The highest BCUT2D eigenvalue weighted by Gasteiger charge is 2.34. The van der Waals surface area contributed by atoms with Crippen molar-refractivity contribution in [3.8, 4) is 0 Å². The van der Waals surface area contributed by atoms with Crippen LogP contribution in [0.15, 0.2) is 23.1 Å². The maximum absolute atomic E-state index is 13.2. The van der Waals surface area contributed by atoms with Gasteiger partial charge in [0, 0.05) is 19.2 Å². The molecule has 0 spiro atoms. The van der Waals surface area contributed by atoms with Crippen LogP contribution in [-0.2, 0) is 9.84 Å². The lowest BCUT2D eigenvalue weighted by Gasteiger charge is -2.26. The van der Waals surface area contributed by atoms with Crippen molar-refractivity contribution < 1.29 is 17.2 Å². The predicted molar refractivity (Wildman–Crippen MR) is 50.2 cm³/mol. The van der Waals surface area contributed by atoms with Crippen LogP contribution in [0.1, 0.15) is 0 Å². The fraction of sp³-hybridized carbons (Fsp3) is 0.333. The Morgan fingerprint density at radius 1 is 1.27 bits per heavy atom. The van der Waals surface area contributed by atoms with Gasteiger partial charge in [-0.2, -0.15) is 0 Å². The molecule has 15 heavy (non-hydrogen) atoms. The Labute approximate surface area is 86.0 Å². The average Bonchev–Trinajstić information content (AvgIpc) is 1.97. The van der Waals surface area contributed by atoms with Crippen LogP contribution >= 0.6 is 0 Å². The van der Waals surface area contributed by atoms with Gasteiger partial charge in [-0.3, -0.25) is 0 Å². The molecule has 1 N–H and O–H groups in total. The molecule has 0 unspecified atom stereocenters. The second kappa shape index (κ2) is 3.53. The highest BCUT2D eigenvalue weighted by Crippen LogP contribution is 2.22. The van der Waals surface area contributed by atoms with E-state index >= 15 is 0 Å². The zero-order valence-corrected chi connectivity index (χ0v) is 8.52. The number of rotatable bonds is 2. The summed E-state index contributed by atoms with van der Waals surface area (Å²) in [6.07, 6.45) is 0. The molecule has 0 aliphatic carbocycles. The Kier molecular flexibility index (Phi) is 2.47. The lowest BCUT2D eigenvalue weighted by Crippen LogP contribution is -2.51. The van der Waals surface area contributed by atoms with Gasteiger partial charge in [0.15, 0.2) is 9.84 Å². The first-order chi connectivity index (χ1) is 7.01. The summed E-state index contributed by atoms with van der Waals surface area (Å²) >= 11 is 0. The third-order valence-corrected chi connectivity index (χ3v) is 4.54. The molecule has 6 heteroatoms. The van der Waals surface area contributed by atoms with E-state index in [2.05, 4.69) is 5.32 Å². The molecule has 0 saturated carbocycles. The minimum absolute atomic E-state index is 0.319. The lowest BCUT2D eigenvalue weighted by molar-refractivity contribution is 0.488. The van der Waals surface area contributed by atoms with Crippen LogP contribution in [0.25, 0.3) is 0 Å². The SMILES string of the molecule is O=S(=O)(c1ccc(F)cc1F)C1CNC1. The van der Waals surface area contributed by atoms with Gasteiger partial charge in [-0.15, -0.1) is 0 Å². The molecule has 0 amide bonds. The number of hydrogen-bond acceptors (Lipinski definition) is 3. The summed E-state index contributed by atoms with van der Waals surface area (Å²) in [6, 6.07) is 2.50. The molecule has 0 aromatic heterocycles. The molecule has 82 valence electrons. The van der Waals surface area contributed by atoms with E-state index in [9.17, 15) is 17.2 Å². The molecule has 1 aliphatic heterocycles. The normalized spacial score (nSPS) is 17.5. The molecule has 1 aliphatic rings. The predicted octanol–water partition coefficient (Wildman–Crippen LogP) is 0.710. The topological polar surface area (TPSA) is 46.2 Å². The van der Waals surface area contributed by atoms with Gasteiger partial charge in [0.05, 0.1) is 5.25 Å². The van der Waals surface area contributed by atoms with E-state index in [1.807, 2.05) is 0 Å². The maximum atomic E-state index is 13.2. The number of benzene rings is 1. The summed E-state index contributed by atoms with van der Waals surface area (Å²) < 4.78 is 49.3. The van der Waals surface area contributed by atoms with Crippen LogP contribution in [0.2, 0.25) is 0 Å². The molecular formula is C9H9F2NO2S. The zero-order chi connectivity index (χ0) is 11.1. The van der Waals surface area contributed by atoms with E-state index in [1.165, 1.54) is 0 Å². The Morgan fingerprint density at radius 3 is 2.40 bits per heavy atom. The van der Waals surface area contributed by atoms with Crippen molar-refractivity contribution in [2.45, 2.75) is 10.1 Å². The van der Waals surface area contributed by atoms with Gasteiger partial charge in [0.2, 0.25) is 0 Å². The molecule has 1 aromatic carbocycles. The fourth-order valence-electron chi connectivity index (χ4n) is 1.37. The van der Waals surface area contributed by atoms with Gasteiger partial charge in [0.25, 0.3) is 0 Å². The summed E-state index contributed by atoms with van der Waals surface area (Å²) in [6.45, 7) is 0.637. The van der Waals surface area contributed by atoms with E-state index in [1.54, 1.807) is 0 Å². The Morgan fingerprint density at radius 2 is 1.93 bits per heavy atom. The van der Waals surface area contributed by atoms with Crippen LogP contribution in [-0.4, -0.2) is 26.8 Å². The molecule has 0 bridgehead atoms. The third-order valence-electron chi connectivity index (χ3n) is 2.38. The molecule has 1 fully saturated rings. The number of halogens is 2. The van der Waals surface area contributed by atoms with Crippen LogP contribution in [0.3, 0.4) is 0 Å². The van der Waals surface area contributed by atoms with Crippen molar-refractivity contribution in [1.29, 1.82) is 0 Å². The van der Waals surface area contributed by atoms with Crippen molar-refractivity contribution in [3.63, 3.8) is 0 Å². The van der Waals surface area contributed by atoms with Crippen LogP contribution in [0, 0.1) is 11.6 Å². The standard InChI is InChI=1S/C9H9F2NO2S/c10-6-1-2-9(8(11)3-6)15(13,14)7-4-12-5-7/h1-3,7,12H,4-5H2. The zero-order valence-electron chi connectivity index (χ0n) is 7.70. The summed E-state index contributed by atoms with van der Waals surface area (Å²) in [7, 11) is -3.65. The quantitative estimate of drug-likeness (QED) is 0.765. The molecule has 0 radical (unpaired) electrons. The van der Waals surface area contributed by atoms with Crippen molar-refractivity contribution in [1.82, 2.24) is 5.32 Å². The van der Waals surface area contributed by atoms with Crippen molar-refractivity contribution in [3.05, 3.63) is 29.8 Å². The Bertz CT molecular complexity index is 483. The van der Waals surface area contributed by atoms with Crippen molar-refractivity contribution >= 4 is 9.84 Å². The van der Waals surface area contributed by atoms with Gasteiger partial charge in [-0.05, 0) is 12.1 Å². The Hall–Kier alpha value is -1.01. The molecule has 0 atom stereocenters. The van der Waals surface area contributed by atoms with E-state index in [0.717, 1.165) is 12.1 Å². The Balaban J connectivity index is 2.44. The second-order valence-electron chi connectivity index (χ2n) is 3.40. The first-order valence-corrected chi connectivity index (χ1v) is 5.96. The van der Waals surface area contributed by atoms with Gasteiger partial charge in [-0.1, -0.05) is 0 Å². The van der Waals surface area contributed by atoms with Gasteiger partial charge in [0.1, 0.15) is 16.5 Å². The average molecular weight is 233 g/mol. The van der Waals surface area contributed by atoms with Crippen molar-refractivity contribution in [2.24, 2.45) is 0 Å². The van der Waals surface area contributed by atoms with E-state index < -0.39 is 31.6 Å². The van der Waals surface area contributed by atoms with Gasteiger partial charge < -0.3 is 5.32 Å². The van der Waals surface area contributed by atoms with E-state index in [-0.39, 0.29) is 0 Å². The number of sulfone groups is 1. The number of hydrogen-bond donors (Lipinski definition) is 1. The third kappa shape index (κ3) is 1.74. The highest BCUT2D eigenvalue weighted by atomic mass is 32.2. The first-order valence-electron chi connectivity index (χ1n) is 4.41. The lowest BCUT2D eigenvalue weighted by atomic mass is 10.3. The molecule has 1 aromatic rings. The molecule has 2 rings (SSSR count). The van der Waals surface area contributed by atoms with Gasteiger partial charge >= 0.3 is 0 Å². The molecule has 1 heterocycles. The number of nitrogens with one attached hydrogen (secondary N) is 1. The molecule has 3 nitrogen and oxygen atoms in total. The maximum Gasteiger partial charge on any atom is 0.186 e. The minimum atomic E-state index is -3.65. The van der Waals surface area contributed by atoms with Crippen molar-refractivity contribution in [2.75, 3.05) is 13.1 Å². The summed E-state index contributed by atoms with van der Waals surface area (Å²) in [5.74, 6) is -1.81. The van der Waals surface area contributed by atoms with Crippen LogP contribution in [0.4, 0.5) is 8.78 Å². The highest BCUT2D eigenvalue weighted by molar-refractivity contribution is 7.92. The summed E-state index contributed by atoms with van der Waals surface area (Å²) in [4.78, 5) is -0.421. The monoisotopic (exact) mass is 233 g/mol. The fourth-order valence-corrected chi connectivity index (χ4v) is 2.99. The van der Waals surface area contributed by atoms with Gasteiger partial charge in [-0.25, -0.2) is 17.2 Å². The smallest absolute Gasteiger partial charge is 0.186 e. The molecular weight excluding hydrogens is 224 g/mol. The largest absolute Gasteiger partial charge is 0.314 e. The molecule has 1 saturated heterocycles. The van der Waals surface area contributed by atoms with E-state index in [0.29, 0.717) is 19.2 Å². The summed E-state index contributed by atoms with van der Waals surface area (Å²) in [5, 5.41) is 2.19. The summed E-state index contributed by atoms with van der Waals surface area (Å²) in [5.41, 5.74) is 0.